The Labute approximate surface area is 115 Å². The van der Waals surface area contributed by atoms with Gasteiger partial charge in [-0.25, -0.2) is 0 Å². The maximum Gasteiger partial charge on any atom is 0.143 e. The van der Waals surface area contributed by atoms with Gasteiger partial charge in [-0.2, -0.15) is 0 Å². The van der Waals surface area contributed by atoms with Crippen molar-refractivity contribution in [2.45, 2.75) is 40.0 Å². The van der Waals surface area contributed by atoms with Crippen LogP contribution in [0.25, 0.3) is 6.08 Å². The van der Waals surface area contributed by atoms with Crippen LogP contribution in [0, 0.1) is 16.2 Å². The Morgan fingerprint density at radius 2 is 1.74 bits per heavy atom. The number of fused-ring (bicyclic) bond motifs is 2. The van der Waals surface area contributed by atoms with E-state index in [2.05, 4.69) is 45.1 Å². The van der Waals surface area contributed by atoms with Crippen LogP contribution in [0.5, 0.6) is 0 Å². The largest absolute Gasteiger partial charge is 0.299 e. The molecule has 2 aliphatic carbocycles. The predicted molar refractivity (Wildman–Crippen MR) is 78.7 cm³/mol. The molecule has 0 radical (unpaired) electrons. The van der Waals surface area contributed by atoms with Crippen molar-refractivity contribution < 1.29 is 4.79 Å². The highest BCUT2D eigenvalue weighted by Crippen LogP contribution is 2.71. The molecular formula is C18H22O. The number of benzene rings is 1. The highest BCUT2D eigenvalue weighted by atomic mass is 16.1. The van der Waals surface area contributed by atoms with Crippen molar-refractivity contribution >= 4 is 11.9 Å². The summed E-state index contributed by atoms with van der Waals surface area (Å²) in [6.07, 6.45) is 7.27. The number of hydrogen-bond donors (Lipinski definition) is 0. The van der Waals surface area contributed by atoms with Gasteiger partial charge in [0.05, 0.1) is 5.41 Å². The summed E-state index contributed by atoms with van der Waals surface area (Å²) in [4.78, 5) is 12.5. The van der Waals surface area contributed by atoms with Crippen LogP contribution in [0.4, 0.5) is 0 Å². The van der Waals surface area contributed by atoms with Gasteiger partial charge in [-0.3, -0.25) is 4.79 Å². The fourth-order valence-electron chi connectivity index (χ4n) is 4.13. The molecule has 1 nitrogen and oxygen atoms in total. The molecule has 2 atom stereocenters. The minimum absolute atomic E-state index is 0.0718. The van der Waals surface area contributed by atoms with Gasteiger partial charge in [-0.05, 0) is 29.2 Å². The Morgan fingerprint density at radius 3 is 2.26 bits per heavy atom. The van der Waals surface area contributed by atoms with Crippen LogP contribution in [0.3, 0.4) is 0 Å². The zero-order valence-electron chi connectivity index (χ0n) is 12.1. The first-order valence-corrected chi connectivity index (χ1v) is 7.19. The van der Waals surface area contributed by atoms with Gasteiger partial charge in [-0.1, -0.05) is 63.3 Å². The highest BCUT2D eigenvalue weighted by Gasteiger charge is 2.68. The smallest absolute Gasteiger partial charge is 0.143 e. The number of Topliss-reactive ketones (excluding diaryl/α,β-unsaturated/α-hetero) is 1. The third-order valence-electron chi connectivity index (χ3n) is 6.10. The van der Waals surface area contributed by atoms with Crippen molar-refractivity contribution in [2.75, 3.05) is 0 Å². The number of rotatable bonds is 2. The molecule has 0 heterocycles. The summed E-state index contributed by atoms with van der Waals surface area (Å²) in [5.41, 5.74) is 1.20. The molecule has 0 spiro atoms. The zero-order valence-corrected chi connectivity index (χ0v) is 12.1. The minimum atomic E-state index is -0.239. The van der Waals surface area contributed by atoms with Crippen LogP contribution in [-0.4, -0.2) is 5.78 Å². The summed E-state index contributed by atoms with van der Waals surface area (Å²) in [6, 6.07) is 10.3. The van der Waals surface area contributed by atoms with E-state index in [1.165, 1.54) is 12.0 Å². The van der Waals surface area contributed by atoms with Crippen LogP contribution >= 0.6 is 0 Å². The van der Waals surface area contributed by atoms with Gasteiger partial charge in [-0.15, -0.1) is 0 Å². The van der Waals surface area contributed by atoms with E-state index < -0.39 is 0 Å². The van der Waals surface area contributed by atoms with Gasteiger partial charge in [0.2, 0.25) is 0 Å². The number of hydrogen-bond acceptors (Lipinski definition) is 1. The average molecular weight is 254 g/mol. The second kappa shape index (κ2) is 3.82. The van der Waals surface area contributed by atoms with Gasteiger partial charge in [0.1, 0.15) is 5.78 Å². The first-order chi connectivity index (χ1) is 8.91. The molecule has 100 valence electrons. The summed E-state index contributed by atoms with van der Waals surface area (Å²) < 4.78 is 0. The molecule has 1 aromatic rings. The van der Waals surface area contributed by atoms with Crippen LogP contribution in [-0.2, 0) is 4.79 Å². The molecule has 1 heteroatoms. The molecule has 2 aliphatic rings. The molecule has 2 saturated carbocycles. The van der Waals surface area contributed by atoms with Gasteiger partial charge in [0, 0.05) is 6.42 Å². The molecule has 0 aromatic heterocycles. The molecule has 0 amide bonds. The van der Waals surface area contributed by atoms with Crippen molar-refractivity contribution in [2.24, 2.45) is 16.2 Å². The SMILES string of the molecule is CC12CCC(C=Cc3ccccc3)(C(=O)C1)C2(C)C. The number of allylic oxidation sites excluding steroid dienone is 1. The lowest BCUT2D eigenvalue weighted by Gasteiger charge is -2.38. The quantitative estimate of drug-likeness (QED) is 0.760. The van der Waals surface area contributed by atoms with Crippen molar-refractivity contribution in [3.05, 3.63) is 42.0 Å². The second-order valence-corrected chi connectivity index (χ2v) is 7.00. The van der Waals surface area contributed by atoms with Crippen LogP contribution in [0.15, 0.2) is 36.4 Å². The first kappa shape index (κ1) is 12.7. The third kappa shape index (κ3) is 1.51. The standard InChI is InChI=1S/C18H22O/c1-16(2)17(3)11-12-18(16,15(19)13-17)10-9-14-7-5-4-6-8-14/h4-10H,11-13H2,1-3H3. The Bertz CT molecular complexity index is 540. The van der Waals surface area contributed by atoms with Gasteiger partial charge in [0.25, 0.3) is 0 Å². The molecule has 0 aliphatic heterocycles. The monoisotopic (exact) mass is 254 g/mol. The normalized spacial score (nSPS) is 36.3. The van der Waals surface area contributed by atoms with Crippen molar-refractivity contribution in [1.82, 2.24) is 0 Å². The Balaban J connectivity index is 2.00. The molecule has 2 unspecified atom stereocenters. The second-order valence-electron chi connectivity index (χ2n) is 7.00. The number of carbonyl (C=O) groups is 1. The fraction of sp³-hybridized carbons (Fsp3) is 0.500. The van der Waals surface area contributed by atoms with Crippen molar-refractivity contribution in [1.29, 1.82) is 0 Å². The van der Waals surface area contributed by atoms with E-state index >= 15 is 0 Å². The molecule has 2 fully saturated rings. The fourth-order valence-corrected chi connectivity index (χ4v) is 4.13. The molecular weight excluding hydrogens is 232 g/mol. The van der Waals surface area contributed by atoms with Crippen LogP contribution in [0.1, 0.15) is 45.6 Å². The van der Waals surface area contributed by atoms with Crippen LogP contribution in [0.2, 0.25) is 0 Å². The summed E-state index contributed by atoms with van der Waals surface area (Å²) in [6.45, 7) is 6.84. The van der Waals surface area contributed by atoms with Crippen molar-refractivity contribution in [3.63, 3.8) is 0 Å². The Morgan fingerprint density at radius 1 is 1.05 bits per heavy atom. The van der Waals surface area contributed by atoms with Gasteiger partial charge < -0.3 is 0 Å². The lowest BCUT2D eigenvalue weighted by atomic mass is 9.65. The van der Waals surface area contributed by atoms with E-state index in [1.807, 2.05) is 18.2 Å². The predicted octanol–water partition coefficient (Wildman–Crippen LogP) is 4.49. The maximum atomic E-state index is 12.5. The highest BCUT2D eigenvalue weighted by molar-refractivity contribution is 5.93. The van der Waals surface area contributed by atoms with E-state index in [4.69, 9.17) is 0 Å². The molecule has 0 saturated heterocycles. The minimum Gasteiger partial charge on any atom is -0.299 e. The Hall–Kier alpha value is -1.37. The zero-order chi connectivity index (χ0) is 13.7. The van der Waals surface area contributed by atoms with E-state index in [1.54, 1.807) is 0 Å². The summed E-state index contributed by atoms with van der Waals surface area (Å²) >= 11 is 0. The third-order valence-corrected chi connectivity index (χ3v) is 6.10. The maximum absolute atomic E-state index is 12.5. The summed E-state index contributed by atoms with van der Waals surface area (Å²) in [5.74, 6) is 0.443. The topological polar surface area (TPSA) is 17.1 Å². The van der Waals surface area contributed by atoms with Crippen LogP contribution < -0.4 is 0 Å². The summed E-state index contributed by atoms with van der Waals surface area (Å²) in [7, 11) is 0. The Kier molecular flexibility index (Phi) is 2.54. The molecule has 3 rings (SSSR count). The van der Waals surface area contributed by atoms with E-state index in [0.717, 1.165) is 12.8 Å². The van der Waals surface area contributed by atoms with E-state index in [0.29, 0.717) is 5.78 Å². The molecule has 19 heavy (non-hydrogen) atoms. The van der Waals surface area contributed by atoms with Gasteiger partial charge >= 0.3 is 0 Å². The first-order valence-electron chi connectivity index (χ1n) is 7.19. The molecule has 1 aromatic carbocycles. The van der Waals surface area contributed by atoms with Crippen molar-refractivity contribution in [3.8, 4) is 0 Å². The summed E-state index contributed by atoms with van der Waals surface area (Å²) in [5, 5.41) is 0. The molecule has 2 bridgehead atoms. The van der Waals surface area contributed by atoms with E-state index in [-0.39, 0.29) is 16.2 Å². The number of carbonyl (C=O) groups excluding carboxylic acids is 1. The van der Waals surface area contributed by atoms with E-state index in [9.17, 15) is 4.79 Å². The lowest BCUT2D eigenvalue weighted by molar-refractivity contribution is -0.126. The number of ketones is 1. The van der Waals surface area contributed by atoms with Gasteiger partial charge in [0.15, 0.2) is 0 Å². The average Bonchev–Trinajstić information content (AvgIpc) is 2.66. The lowest BCUT2D eigenvalue weighted by Crippen LogP contribution is -2.35. The molecule has 0 N–H and O–H groups in total.